The highest BCUT2D eigenvalue weighted by molar-refractivity contribution is 6.29. The number of likely N-dealkylation sites (tertiary alicyclic amines) is 1. The number of rotatable bonds is 6. The van der Waals surface area contributed by atoms with E-state index in [0.29, 0.717) is 11.1 Å². The molecule has 0 amide bonds. The predicted molar refractivity (Wildman–Crippen MR) is 77.8 cm³/mol. The van der Waals surface area contributed by atoms with Crippen LogP contribution in [0.25, 0.3) is 0 Å². The lowest BCUT2D eigenvalue weighted by atomic mass is 9.97. The van der Waals surface area contributed by atoms with Crippen LogP contribution >= 0.6 is 11.6 Å². The van der Waals surface area contributed by atoms with E-state index < -0.39 is 5.97 Å². The summed E-state index contributed by atoms with van der Waals surface area (Å²) in [7, 11) is 0. The molecule has 1 fully saturated rings. The van der Waals surface area contributed by atoms with E-state index in [9.17, 15) is 4.79 Å². The second kappa shape index (κ2) is 7.57. The molecule has 2 heterocycles. The van der Waals surface area contributed by atoms with Gasteiger partial charge in [-0.1, -0.05) is 17.7 Å². The van der Waals surface area contributed by atoms with Gasteiger partial charge in [-0.3, -0.25) is 9.69 Å². The highest BCUT2D eigenvalue weighted by Crippen LogP contribution is 2.18. The first-order chi connectivity index (χ1) is 9.63. The molecule has 1 aliphatic rings. The van der Waals surface area contributed by atoms with Gasteiger partial charge in [-0.05, 0) is 43.5 Å². The summed E-state index contributed by atoms with van der Waals surface area (Å²) in [5.74, 6) is -0.284. The normalized spacial score (nSPS) is 19.9. The second-order valence-electron chi connectivity index (χ2n) is 5.26. The standard InChI is InChI=1S/C14H20ClN3O2/c15-13-4-3-12(7-17-13)10-18-5-1-2-11(9-18)6-16-8-14(19)20/h3-4,7,11,16H,1-2,5-6,8-10H2,(H,19,20). The van der Waals surface area contributed by atoms with Crippen molar-refractivity contribution >= 4 is 17.6 Å². The Morgan fingerprint density at radius 3 is 3.10 bits per heavy atom. The molecule has 0 aliphatic carbocycles. The highest BCUT2D eigenvalue weighted by Gasteiger charge is 2.19. The lowest BCUT2D eigenvalue weighted by Gasteiger charge is -2.32. The molecule has 20 heavy (non-hydrogen) atoms. The Bertz CT molecular complexity index is 439. The van der Waals surface area contributed by atoms with Gasteiger partial charge < -0.3 is 10.4 Å². The van der Waals surface area contributed by atoms with Crippen LogP contribution in [0.2, 0.25) is 5.15 Å². The van der Waals surface area contributed by atoms with Crippen molar-refractivity contribution in [2.45, 2.75) is 19.4 Å². The number of pyridine rings is 1. The maximum Gasteiger partial charge on any atom is 0.317 e. The number of carbonyl (C=O) groups is 1. The molecule has 1 aromatic heterocycles. The number of halogens is 1. The van der Waals surface area contributed by atoms with E-state index in [2.05, 4.69) is 15.2 Å². The number of aromatic nitrogens is 1. The van der Waals surface area contributed by atoms with Crippen LogP contribution in [0.15, 0.2) is 18.3 Å². The fourth-order valence-corrected chi connectivity index (χ4v) is 2.71. The van der Waals surface area contributed by atoms with Gasteiger partial charge in [0.2, 0.25) is 0 Å². The number of carboxylic acids is 1. The van der Waals surface area contributed by atoms with Crippen LogP contribution in [0.4, 0.5) is 0 Å². The quantitative estimate of drug-likeness (QED) is 0.781. The van der Waals surface area contributed by atoms with E-state index >= 15 is 0 Å². The maximum absolute atomic E-state index is 10.5. The lowest BCUT2D eigenvalue weighted by molar-refractivity contribution is -0.136. The van der Waals surface area contributed by atoms with Gasteiger partial charge in [0.15, 0.2) is 0 Å². The highest BCUT2D eigenvalue weighted by atomic mass is 35.5. The smallest absolute Gasteiger partial charge is 0.317 e. The topological polar surface area (TPSA) is 65.5 Å². The Hall–Kier alpha value is -1.17. The molecule has 2 rings (SSSR count). The van der Waals surface area contributed by atoms with Crippen LogP contribution in [0.1, 0.15) is 18.4 Å². The Kier molecular flexibility index (Phi) is 5.76. The van der Waals surface area contributed by atoms with E-state index in [1.165, 1.54) is 0 Å². The van der Waals surface area contributed by atoms with Crippen molar-refractivity contribution in [1.82, 2.24) is 15.2 Å². The number of hydrogen-bond donors (Lipinski definition) is 2. The first kappa shape index (κ1) is 15.2. The van der Waals surface area contributed by atoms with Crippen molar-refractivity contribution in [3.05, 3.63) is 29.0 Å². The first-order valence-electron chi connectivity index (χ1n) is 6.89. The zero-order chi connectivity index (χ0) is 14.4. The number of aliphatic carboxylic acids is 1. The molecular formula is C14H20ClN3O2. The van der Waals surface area contributed by atoms with Gasteiger partial charge in [-0.2, -0.15) is 0 Å². The van der Waals surface area contributed by atoms with Gasteiger partial charge in [0.05, 0.1) is 6.54 Å². The maximum atomic E-state index is 10.5. The van der Waals surface area contributed by atoms with Gasteiger partial charge in [0.25, 0.3) is 0 Å². The van der Waals surface area contributed by atoms with Gasteiger partial charge in [0.1, 0.15) is 5.15 Å². The van der Waals surface area contributed by atoms with Crippen LogP contribution < -0.4 is 5.32 Å². The van der Waals surface area contributed by atoms with Gasteiger partial charge in [-0.25, -0.2) is 4.98 Å². The first-order valence-corrected chi connectivity index (χ1v) is 7.26. The summed E-state index contributed by atoms with van der Waals surface area (Å²) in [5, 5.41) is 12.1. The van der Waals surface area contributed by atoms with Crippen molar-refractivity contribution in [2.24, 2.45) is 5.92 Å². The van der Waals surface area contributed by atoms with Crippen LogP contribution in [-0.2, 0) is 11.3 Å². The van der Waals surface area contributed by atoms with Crippen LogP contribution in [0.5, 0.6) is 0 Å². The summed E-state index contributed by atoms with van der Waals surface area (Å²) in [6.45, 7) is 3.76. The minimum atomic E-state index is -0.801. The van der Waals surface area contributed by atoms with Crippen LogP contribution in [-0.4, -0.2) is 47.1 Å². The molecule has 2 N–H and O–H groups in total. The number of piperidine rings is 1. The second-order valence-corrected chi connectivity index (χ2v) is 5.64. The number of carboxylic acid groups (broad SMARTS) is 1. The number of hydrogen-bond acceptors (Lipinski definition) is 4. The number of nitrogens with one attached hydrogen (secondary N) is 1. The zero-order valence-corrected chi connectivity index (χ0v) is 12.1. The molecule has 1 unspecified atom stereocenters. The average molecular weight is 298 g/mol. The van der Waals surface area contributed by atoms with Crippen molar-refractivity contribution in [3.63, 3.8) is 0 Å². The van der Waals surface area contributed by atoms with Crippen LogP contribution in [0.3, 0.4) is 0 Å². The third-order valence-electron chi connectivity index (χ3n) is 3.51. The monoisotopic (exact) mass is 297 g/mol. The third kappa shape index (κ3) is 5.07. The fraction of sp³-hybridized carbons (Fsp3) is 0.571. The molecule has 1 saturated heterocycles. The number of nitrogens with zero attached hydrogens (tertiary/aromatic N) is 2. The van der Waals surface area contributed by atoms with E-state index in [-0.39, 0.29) is 6.54 Å². The summed E-state index contributed by atoms with van der Waals surface area (Å²) in [4.78, 5) is 17.0. The molecule has 0 spiro atoms. The molecular weight excluding hydrogens is 278 g/mol. The summed E-state index contributed by atoms with van der Waals surface area (Å²) in [6, 6.07) is 3.81. The minimum Gasteiger partial charge on any atom is -0.480 e. The largest absolute Gasteiger partial charge is 0.480 e. The van der Waals surface area contributed by atoms with Crippen molar-refractivity contribution in [3.8, 4) is 0 Å². The molecule has 1 aliphatic heterocycles. The van der Waals surface area contributed by atoms with E-state index in [1.807, 2.05) is 18.3 Å². The van der Waals surface area contributed by atoms with Crippen molar-refractivity contribution in [1.29, 1.82) is 0 Å². The molecule has 1 aromatic rings. The Balaban J connectivity index is 1.78. The minimum absolute atomic E-state index is 0.0393. The molecule has 0 bridgehead atoms. The summed E-state index contributed by atoms with van der Waals surface area (Å²) < 4.78 is 0. The van der Waals surface area contributed by atoms with Crippen LogP contribution in [0, 0.1) is 5.92 Å². The van der Waals surface area contributed by atoms with E-state index in [0.717, 1.165) is 44.6 Å². The molecule has 0 radical (unpaired) electrons. The molecule has 5 nitrogen and oxygen atoms in total. The molecule has 6 heteroatoms. The van der Waals surface area contributed by atoms with Crippen molar-refractivity contribution < 1.29 is 9.90 Å². The van der Waals surface area contributed by atoms with E-state index in [1.54, 1.807) is 0 Å². The average Bonchev–Trinajstić information content (AvgIpc) is 2.41. The lowest BCUT2D eigenvalue weighted by Crippen LogP contribution is -2.40. The molecule has 0 saturated carbocycles. The summed E-state index contributed by atoms with van der Waals surface area (Å²) >= 11 is 5.78. The van der Waals surface area contributed by atoms with E-state index in [4.69, 9.17) is 16.7 Å². The summed E-state index contributed by atoms with van der Waals surface area (Å²) in [6.07, 6.45) is 4.12. The Morgan fingerprint density at radius 1 is 1.55 bits per heavy atom. The molecule has 0 aromatic carbocycles. The SMILES string of the molecule is O=C(O)CNCC1CCCN(Cc2ccc(Cl)nc2)C1. The predicted octanol–water partition coefficient (Wildman–Crippen LogP) is 1.62. The summed E-state index contributed by atoms with van der Waals surface area (Å²) in [5.41, 5.74) is 1.16. The van der Waals surface area contributed by atoms with Gasteiger partial charge >= 0.3 is 5.97 Å². The van der Waals surface area contributed by atoms with Crippen molar-refractivity contribution in [2.75, 3.05) is 26.2 Å². The fourth-order valence-electron chi connectivity index (χ4n) is 2.60. The molecule has 110 valence electrons. The Morgan fingerprint density at radius 2 is 2.40 bits per heavy atom. The zero-order valence-electron chi connectivity index (χ0n) is 11.4. The Labute approximate surface area is 123 Å². The van der Waals surface area contributed by atoms with Gasteiger partial charge in [-0.15, -0.1) is 0 Å². The molecule has 1 atom stereocenters. The van der Waals surface area contributed by atoms with Gasteiger partial charge in [0, 0.05) is 19.3 Å². The third-order valence-corrected chi connectivity index (χ3v) is 3.73.